The van der Waals surface area contributed by atoms with E-state index in [1.165, 1.54) is 18.2 Å². The van der Waals surface area contributed by atoms with E-state index in [0.29, 0.717) is 0 Å². The number of rotatable bonds is 3. The summed E-state index contributed by atoms with van der Waals surface area (Å²) in [5.41, 5.74) is 0.176. The van der Waals surface area contributed by atoms with Gasteiger partial charge in [0.25, 0.3) is 5.91 Å². The molecule has 1 fully saturated rings. The number of aliphatic hydroxyl groups is 2. The quantitative estimate of drug-likeness (QED) is 0.691. The van der Waals surface area contributed by atoms with E-state index >= 15 is 0 Å². The lowest BCUT2D eigenvalue weighted by atomic mass is 10.1. The van der Waals surface area contributed by atoms with Crippen LogP contribution in [0.15, 0.2) is 24.3 Å². The number of hydrogen-bond donors (Lipinski definition) is 3. The zero-order valence-corrected chi connectivity index (χ0v) is 9.54. The summed E-state index contributed by atoms with van der Waals surface area (Å²) in [5.74, 6) is -0.986. The third kappa shape index (κ3) is 2.66. The zero-order chi connectivity index (χ0) is 13.1. The molecule has 0 saturated carbocycles. The Morgan fingerprint density at radius 1 is 1.56 bits per heavy atom. The smallest absolute Gasteiger partial charge is 0.251 e. The van der Waals surface area contributed by atoms with E-state index in [4.69, 9.17) is 9.84 Å². The van der Waals surface area contributed by atoms with Gasteiger partial charge >= 0.3 is 0 Å². The fourth-order valence-corrected chi connectivity index (χ4v) is 1.85. The molecule has 0 aliphatic carbocycles. The van der Waals surface area contributed by atoms with E-state index < -0.39 is 30.0 Å². The van der Waals surface area contributed by atoms with E-state index in [0.717, 1.165) is 6.07 Å². The Morgan fingerprint density at radius 2 is 2.33 bits per heavy atom. The number of amides is 1. The van der Waals surface area contributed by atoms with E-state index in [1.54, 1.807) is 0 Å². The molecule has 18 heavy (non-hydrogen) atoms. The van der Waals surface area contributed by atoms with Crippen LogP contribution in [0.5, 0.6) is 0 Å². The summed E-state index contributed by atoms with van der Waals surface area (Å²) in [6, 6.07) is 4.66. The van der Waals surface area contributed by atoms with Crippen molar-refractivity contribution in [2.24, 2.45) is 0 Å². The summed E-state index contributed by atoms with van der Waals surface area (Å²) in [7, 11) is 0. The molecule has 1 heterocycles. The highest BCUT2D eigenvalue weighted by Gasteiger charge is 2.36. The van der Waals surface area contributed by atoms with Crippen LogP contribution in [0.25, 0.3) is 0 Å². The molecule has 1 saturated heterocycles. The second-order valence-electron chi connectivity index (χ2n) is 4.14. The molecule has 0 spiro atoms. The van der Waals surface area contributed by atoms with Gasteiger partial charge in [0.1, 0.15) is 18.0 Å². The minimum atomic E-state index is -0.965. The molecular formula is C12H14FNO4. The Bertz CT molecular complexity index is 440. The molecule has 1 aliphatic heterocycles. The maximum Gasteiger partial charge on any atom is 0.251 e. The maximum atomic E-state index is 12.9. The average molecular weight is 255 g/mol. The predicted octanol–water partition coefficient (Wildman–Crippen LogP) is -0.324. The summed E-state index contributed by atoms with van der Waals surface area (Å²) < 4.78 is 18.0. The molecule has 1 aromatic carbocycles. The molecule has 1 aromatic rings. The van der Waals surface area contributed by atoms with Gasteiger partial charge in [-0.05, 0) is 18.2 Å². The topological polar surface area (TPSA) is 78.8 Å². The maximum absolute atomic E-state index is 12.9. The Labute approximate surface area is 103 Å². The molecule has 6 heteroatoms. The first-order valence-electron chi connectivity index (χ1n) is 5.59. The fourth-order valence-electron chi connectivity index (χ4n) is 1.85. The predicted molar refractivity (Wildman–Crippen MR) is 60.5 cm³/mol. The van der Waals surface area contributed by atoms with Gasteiger partial charge in [0.15, 0.2) is 0 Å². The van der Waals surface area contributed by atoms with Crippen molar-refractivity contribution >= 4 is 5.91 Å². The van der Waals surface area contributed by atoms with Gasteiger partial charge in [-0.2, -0.15) is 0 Å². The van der Waals surface area contributed by atoms with Crippen molar-refractivity contribution in [3.8, 4) is 0 Å². The largest absolute Gasteiger partial charge is 0.394 e. The fraction of sp³-hybridized carbons (Fsp3) is 0.417. The Balaban J connectivity index is 2.00. The average Bonchev–Trinajstić information content (AvgIpc) is 2.70. The van der Waals surface area contributed by atoms with Gasteiger partial charge in [-0.3, -0.25) is 4.79 Å². The molecule has 2 rings (SSSR count). The molecule has 98 valence electrons. The zero-order valence-electron chi connectivity index (χ0n) is 9.54. The number of nitrogens with one attached hydrogen (secondary N) is 1. The highest BCUT2D eigenvalue weighted by atomic mass is 19.1. The summed E-state index contributed by atoms with van der Waals surface area (Å²) in [6.07, 6.45) is -1.66. The highest BCUT2D eigenvalue weighted by Crippen LogP contribution is 2.14. The molecule has 0 aromatic heterocycles. The van der Waals surface area contributed by atoms with Gasteiger partial charge in [-0.25, -0.2) is 4.39 Å². The Kier molecular flexibility index (Phi) is 3.90. The lowest BCUT2D eigenvalue weighted by Crippen LogP contribution is -2.45. The monoisotopic (exact) mass is 255 g/mol. The van der Waals surface area contributed by atoms with Crippen LogP contribution >= 0.6 is 0 Å². The van der Waals surface area contributed by atoms with Crippen LogP contribution in [0.2, 0.25) is 0 Å². The van der Waals surface area contributed by atoms with Crippen LogP contribution in [0.4, 0.5) is 4.39 Å². The molecular weight excluding hydrogens is 241 g/mol. The van der Waals surface area contributed by atoms with Gasteiger partial charge in [-0.1, -0.05) is 6.07 Å². The molecule has 1 amide bonds. The molecule has 3 atom stereocenters. The minimum absolute atomic E-state index is 0.119. The third-order valence-electron chi connectivity index (χ3n) is 2.87. The molecule has 0 radical (unpaired) electrons. The summed E-state index contributed by atoms with van der Waals surface area (Å²) in [6.45, 7) is -0.194. The SMILES string of the molecule is O=C(N[C@H]1CO[C@H](CO)[C@H]1O)c1cccc(F)c1. The highest BCUT2D eigenvalue weighted by molar-refractivity contribution is 5.94. The number of benzene rings is 1. The normalized spacial score (nSPS) is 27.2. The van der Waals surface area contributed by atoms with Gasteiger partial charge in [0.2, 0.25) is 0 Å². The van der Waals surface area contributed by atoms with E-state index in [2.05, 4.69) is 5.32 Å². The lowest BCUT2D eigenvalue weighted by Gasteiger charge is -2.17. The number of carbonyl (C=O) groups is 1. The van der Waals surface area contributed by atoms with E-state index in [1.807, 2.05) is 0 Å². The van der Waals surface area contributed by atoms with Crippen molar-refractivity contribution in [2.75, 3.05) is 13.2 Å². The van der Waals surface area contributed by atoms with Crippen LogP contribution in [-0.2, 0) is 4.74 Å². The van der Waals surface area contributed by atoms with Crippen molar-refractivity contribution in [2.45, 2.75) is 18.2 Å². The standard InChI is InChI=1S/C12H14FNO4/c13-8-3-1-2-7(4-8)12(17)14-9-6-18-10(5-15)11(9)16/h1-4,9-11,15-16H,5-6H2,(H,14,17)/t9-,10+,11-/m0/s1. The van der Waals surface area contributed by atoms with Gasteiger partial charge in [-0.15, -0.1) is 0 Å². The molecule has 0 bridgehead atoms. The number of ether oxygens (including phenoxy) is 1. The Morgan fingerprint density at radius 3 is 2.94 bits per heavy atom. The number of carbonyl (C=O) groups excluding carboxylic acids is 1. The van der Waals surface area contributed by atoms with Crippen molar-refractivity contribution in [1.29, 1.82) is 0 Å². The summed E-state index contributed by atoms with van der Waals surface area (Å²) in [5, 5.41) is 21.2. The molecule has 0 unspecified atom stereocenters. The summed E-state index contributed by atoms with van der Waals surface area (Å²) >= 11 is 0. The molecule has 5 nitrogen and oxygen atoms in total. The van der Waals surface area contributed by atoms with E-state index in [-0.39, 0.29) is 18.8 Å². The van der Waals surface area contributed by atoms with Gasteiger partial charge in [0.05, 0.1) is 19.3 Å². The molecule has 3 N–H and O–H groups in total. The van der Waals surface area contributed by atoms with Crippen LogP contribution in [-0.4, -0.2) is 47.6 Å². The first kappa shape index (κ1) is 12.9. The van der Waals surface area contributed by atoms with Crippen molar-refractivity contribution in [1.82, 2.24) is 5.32 Å². The number of aliphatic hydroxyl groups excluding tert-OH is 2. The van der Waals surface area contributed by atoms with Gasteiger partial charge in [0, 0.05) is 5.56 Å². The Hall–Kier alpha value is -1.50. The lowest BCUT2D eigenvalue weighted by molar-refractivity contribution is 0.00278. The third-order valence-corrected chi connectivity index (χ3v) is 2.87. The van der Waals surface area contributed by atoms with Crippen LogP contribution in [0.3, 0.4) is 0 Å². The van der Waals surface area contributed by atoms with Gasteiger partial charge < -0.3 is 20.3 Å². The van der Waals surface area contributed by atoms with Crippen LogP contribution in [0.1, 0.15) is 10.4 Å². The van der Waals surface area contributed by atoms with Crippen molar-refractivity contribution in [3.63, 3.8) is 0 Å². The van der Waals surface area contributed by atoms with E-state index in [9.17, 15) is 14.3 Å². The van der Waals surface area contributed by atoms with Crippen LogP contribution in [0, 0.1) is 5.82 Å². The molecule has 1 aliphatic rings. The summed E-state index contributed by atoms with van der Waals surface area (Å²) in [4.78, 5) is 11.8. The number of halogens is 1. The van der Waals surface area contributed by atoms with Crippen LogP contribution < -0.4 is 5.32 Å². The second-order valence-corrected chi connectivity index (χ2v) is 4.14. The van der Waals surface area contributed by atoms with Crippen molar-refractivity contribution < 1.29 is 24.1 Å². The minimum Gasteiger partial charge on any atom is -0.394 e. The number of hydrogen-bond acceptors (Lipinski definition) is 4. The van der Waals surface area contributed by atoms with Crippen molar-refractivity contribution in [3.05, 3.63) is 35.6 Å². The first-order valence-corrected chi connectivity index (χ1v) is 5.59. The first-order chi connectivity index (χ1) is 8.61. The second kappa shape index (κ2) is 5.43.